The second-order valence-electron chi connectivity index (χ2n) is 4.07. The molecule has 2 N–H and O–H groups in total. The predicted molar refractivity (Wildman–Crippen MR) is 74.4 cm³/mol. The fraction of sp³-hybridized carbons (Fsp3) is 0.462. The van der Waals surface area contributed by atoms with E-state index < -0.39 is 5.97 Å². The van der Waals surface area contributed by atoms with Crippen molar-refractivity contribution in [2.45, 2.75) is 37.0 Å². The Morgan fingerprint density at radius 2 is 2.26 bits per heavy atom. The third-order valence-electron chi connectivity index (χ3n) is 2.49. The van der Waals surface area contributed by atoms with Gasteiger partial charge in [-0.3, -0.25) is 4.79 Å². The van der Waals surface area contributed by atoms with Gasteiger partial charge in [0.2, 0.25) is 5.91 Å². The number of rotatable bonds is 7. The Balaban J connectivity index is 2.63. The maximum Gasteiger partial charge on any atom is 0.338 e. The lowest BCUT2D eigenvalue weighted by atomic mass is 10.3. The molecule has 0 radical (unpaired) electrons. The zero-order valence-electron chi connectivity index (χ0n) is 11.0. The minimum atomic E-state index is -1.03. The number of carbonyl (C=O) groups excluding carboxylic acids is 1. The van der Waals surface area contributed by atoms with E-state index >= 15 is 0 Å². The Labute approximate surface area is 116 Å². The van der Waals surface area contributed by atoms with Crippen LogP contribution in [0.5, 0.6) is 0 Å². The quantitative estimate of drug-likeness (QED) is 0.592. The highest BCUT2D eigenvalue weighted by atomic mass is 32.2. The van der Waals surface area contributed by atoms with E-state index in [1.54, 1.807) is 13.0 Å². The highest BCUT2D eigenvalue weighted by Gasteiger charge is 2.18. The van der Waals surface area contributed by atoms with Crippen LogP contribution in [0, 0.1) is 0 Å². The third kappa shape index (κ3) is 4.90. The number of pyridine rings is 1. The van der Waals surface area contributed by atoms with E-state index in [1.807, 2.05) is 0 Å². The first-order chi connectivity index (χ1) is 9.06. The summed E-state index contributed by atoms with van der Waals surface area (Å²) in [6, 6.07) is 3.05. The van der Waals surface area contributed by atoms with Gasteiger partial charge in [0, 0.05) is 12.7 Å². The van der Waals surface area contributed by atoms with Gasteiger partial charge in [0.1, 0.15) is 5.03 Å². The van der Waals surface area contributed by atoms with Crippen LogP contribution >= 0.6 is 11.8 Å². The zero-order chi connectivity index (χ0) is 14.3. The van der Waals surface area contributed by atoms with E-state index in [1.165, 1.54) is 12.3 Å². The number of hydrogen-bond acceptors (Lipinski definition) is 4. The predicted octanol–water partition coefficient (Wildman–Crippen LogP) is 2.18. The molecule has 0 saturated heterocycles. The van der Waals surface area contributed by atoms with Crippen molar-refractivity contribution in [2.75, 3.05) is 6.54 Å². The Morgan fingerprint density at radius 1 is 1.53 bits per heavy atom. The van der Waals surface area contributed by atoms with Gasteiger partial charge in [0.15, 0.2) is 0 Å². The Bertz CT molecular complexity index is 451. The molecule has 104 valence electrons. The summed E-state index contributed by atoms with van der Waals surface area (Å²) in [6.45, 7) is 4.44. The summed E-state index contributed by atoms with van der Waals surface area (Å²) in [5.74, 6) is -1.13. The number of carboxylic acid groups (broad SMARTS) is 1. The van der Waals surface area contributed by atoms with Gasteiger partial charge in [0.25, 0.3) is 0 Å². The monoisotopic (exact) mass is 282 g/mol. The Kier molecular flexibility index (Phi) is 6.35. The van der Waals surface area contributed by atoms with Crippen LogP contribution in [0.2, 0.25) is 0 Å². The second kappa shape index (κ2) is 7.78. The van der Waals surface area contributed by atoms with Crippen molar-refractivity contribution in [3.63, 3.8) is 0 Å². The number of aromatic carboxylic acids is 1. The smallest absolute Gasteiger partial charge is 0.338 e. The fourth-order valence-corrected chi connectivity index (χ4v) is 2.33. The van der Waals surface area contributed by atoms with Crippen LogP contribution in [0.4, 0.5) is 0 Å². The highest BCUT2D eigenvalue weighted by molar-refractivity contribution is 8.00. The van der Waals surface area contributed by atoms with Crippen LogP contribution in [0.3, 0.4) is 0 Å². The molecule has 6 heteroatoms. The maximum absolute atomic E-state index is 11.8. The molecule has 1 amide bonds. The molecule has 0 aromatic carbocycles. The number of nitrogens with one attached hydrogen (secondary N) is 1. The Morgan fingerprint density at radius 3 is 2.89 bits per heavy atom. The van der Waals surface area contributed by atoms with Gasteiger partial charge in [-0.05, 0) is 25.5 Å². The van der Waals surface area contributed by atoms with Crippen molar-refractivity contribution in [2.24, 2.45) is 0 Å². The summed E-state index contributed by atoms with van der Waals surface area (Å²) >= 11 is 1.16. The average molecular weight is 282 g/mol. The van der Waals surface area contributed by atoms with Gasteiger partial charge in [-0.15, -0.1) is 0 Å². The molecule has 0 saturated carbocycles. The molecular formula is C13H18N2O3S. The lowest BCUT2D eigenvalue weighted by Gasteiger charge is -2.12. The van der Waals surface area contributed by atoms with Crippen LogP contribution < -0.4 is 5.32 Å². The number of unbranched alkanes of at least 4 members (excludes halogenated alkanes) is 1. The van der Waals surface area contributed by atoms with Crippen LogP contribution in [0.25, 0.3) is 0 Å². The SMILES string of the molecule is CCCCNC(=O)C(C)Sc1ncccc1C(=O)O. The van der Waals surface area contributed by atoms with E-state index in [4.69, 9.17) is 5.11 Å². The van der Waals surface area contributed by atoms with Gasteiger partial charge >= 0.3 is 5.97 Å². The highest BCUT2D eigenvalue weighted by Crippen LogP contribution is 2.24. The van der Waals surface area contributed by atoms with Crippen molar-refractivity contribution in [3.8, 4) is 0 Å². The molecule has 1 unspecified atom stereocenters. The number of amides is 1. The molecule has 0 aliphatic carbocycles. The fourth-order valence-electron chi connectivity index (χ4n) is 1.40. The number of nitrogens with zero attached hydrogens (tertiary/aromatic N) is 1. The molecule has 19 heavy (non-hydrogen) atoms. The molecule has 0 spiro atoms. The molecule has 0 bridgehead atoms. The van der Waals surface area contributed by atoms with E-state index in [0.717, 1.165) is 24.6 Å². The normalized spacial score (nSPS) is 11.9. The van der Waals surface area contributed by atoms with E-state index in [9.17, 15) is 9.59 Å². The number of thioether (sulfide) groups is 1. The van der Waals surface area contributed by atoms with Gasteiger partial charge in [0.05, 0.1) is 10.8 Å². The van der Waals surface area contributed by atoms with Gasteiger partial charge in [-0.1, -0.05) is 25.1 Å². The van der Waals surface area contributed by atoms with Crippen molar-refractivity contribution >= 4 is 23.6 Å². The minimum absolute atomic E-state index is 0.0968. The first-order valence-electron chi connectivity index (χ1n) is 6.19. The van der Waals surface area contributed by atoms with E-state index in [0.29, 0.717) is 11.6 Å². The molecule has 5 nitrogen and oxygen atoms in total. The van der Waals surface area contributed by atoms with Crippen molar-refractivity contribution in [3.05, 3.63) is 23.9 Å². The van der Waals surface area contributed by atoms with Crippen LogP contribution in [0.15, 0.2) is 23.4 Å². The van der Waals surface area contributed by atoms with Crippen LogP contribution in [0.1, 0.15) is 37.0 Å². The third-order valence-corrected chi connectivity index (χ3v) is 3.60. The van der Waals surface area contributed by atoms with Crippen LogP contribution in [-0.4, -0.2) is 33.8 Å². The second-order valence-corrected chi connectivity index (χ2v) is 5.40. The van der Waals surface area contributed by atoms with Crippen molar-refractivity contribution < 1.29 is 14.7 Å². The summed E-state index contributed by atoms with van der Waals surface area (Å²) in [6.07, 6.45) is 3.48. The first kappa shape index (κ1) is 15.5. The molecule has 0 aliphatic rings. The van der Waals surface area contributed by atoms with Crippen LogP contribution in [-0.2, 0) is 4.79 Å². The van der Waals surface area contributed by atoms with E-state index in [-0.39, 0.29) is 16.7 Å². The topological polar surface area (TPSA) is 79.3 Å². The molecule has 1 aromatic heterocycles. The molecule has 1 heterocycles. The molecule has 0 aliphatic heterocycles. The van der Waals surface area contributed by atoms with Gasteiger partial charge in [-0.25, -0.2) is 9.78 Å². The standard InChI is InChI=1S/C13H18N2O3S/c1-3-4-7-14-11(16)9(2)19-12-10(13(17)18)6-5-8-15-12/h5-6,8-9H,3-4,7H2,1-2H3,(H,14,16)(H,17,18). The summed E-state index contributed by atoms with van der Waals surface area (Å²) in [5, 5.41) is 11.9. The van der Waals surface area contributed by atoms with Gasteiger partial charge in [-0.2, -0.15) is 0 Å². The number of carbonyl (C=O) groups is 2. The zero-order valence-corrected chi connectivity index (χ0v) is 11.9. The molecule has 0 fully saturated rings. The van der Waals surface area contributed by atoms with Crippen molar-refractivity contribution in [1.29, 1.82) is 0 Å². The minimum Gasteiger partial charge on any atom is -0.478 e. The largest absolute Gasteiger partial charge is 0.478 e. The molecule has 1 atom stereocenters. The number of aromatic nitrogens is 1. The molecular weight excluding hydrogens is 264 g/mol. The number of carboxylic acids is 1. The average Bonchev–Trinajstić information content (AvgIpc) is 2.39. The number of hydrogen-bond donors (Lipinski definition) is 2. The summed E-state index contributed by atoms with van der Waals surface area (Å²) in [5.41, 5.74) is 0.126. The Hall–Kier alpha value is -1.56. The lowest BCUT2D eigenvalue weighted by molar-refractivity contribution is -0.120. The summed E-state index contributed by atoms with van der Waals surface area (Å²) in [4.78, 5) is 26.8. The molecule has 1 aromatic rings. The van der Waals surface area contributed by atoms with E-state index in [2.05, 4.69) is 17.2 Å². The summed E-state index contributed by atoms with van der Waals surface area (Å²) < 4.78 is 0. The van der Waals surface area contributed by atoms with Crippen molar-refractivity contribution in [1.82, 2.24) is 10.3 Å². The lowest BCUT2D eigenvalue weighted by Crippen LogP contribution is -2.31. The summed E-state index contributed by atoms with van der Waals surface area (Å²) in [7, 11) is 0. The van der Waals surface area contributed by atoms with Gasteiger partial charge < -0.3 is 10.4 Å². The molecule has 1 rings (SSSR count). The maximum atomic E-state index is 11.8. The first-order valence-corrected chi connectivity index (χ1v) is 7.07.